The van der Waals surface area contributed by atoms with Crippen LogP contribution in [0.3, 0.4) is 0 Å². The number of methoxy groups -OCH3 is 1. The topological polar surface area (TPSA) is 81.6 Å². The lowest BCUT2D eigenvalue weighted by Gasteiger charge is -2.32. The molecule has 0 radical (unpaired) electrons. The van der Waals surface area contributed by atoms with E-state index in [0.29, 0.717) is 19.5 Å². The largest absolute Gasteiger partial charge is 0.495 e. The Labute approximate surface area is 114 Å². The van der Waals surface area contributed by atoms with E-state index in [1.807, 2.05) is 36.1 Å². The van der Waals surface area contributed by atoms with E-state index < -0.39 is 0 Å². The highest BCUT2D eigenvalue weighted by molar-refractivity contribution is 5.84. The predicted octanol–water partition coefficient (Wildman–Crippen LogP) is 1.11. The molecule has 1 unspecified atom stereocenters. The fraction of sp³-hybridized carbons (Fsp3) is 0.500. The smallest absolute Gasteiger partial charge is 0.240 e. The van der Waals surface area contributed by atoms with Gasteiger partial charge in [-0.15, -0.1) is 0 Å². The van der Waals surface area contributed by atoms with Gasteiger partial charge in [-0.2, -0.15) is 0 Å². The molecule has 0 heterocycles. The molecule has 0 fully saturated rings. The van der Waals surface area contributed by atoms with Crippen molar-refractivity contribution in [1.82, 2.24) is 0 Å². The number of carbonyl (C=O) groups is 1. The third-order valence-corrected chi connectivity index (χ3v) is 3.09. The first kappa shape index (κ1) is 15.3. The SMILES string of the molecule is CCC(C(N)=O)N(CCCN)c1ccccc1OC. The quantitative estimate of drug-likeness (QED) is 0.738. The van der Waals surface area contributed by atoms with Gasteiger partial charge < -0.3 is 21.1 Å². The molecule has 0 aliphatic rings. The highest BCUT2D eigenvalue weighted by Crippen LogP contribution is 2.29. The van der Waals surface area contributed by atoms with E-state index in [-0.39, 0.29) is 11.9 Å². The minimum atomic E-state index is -0.345. The highest BCUT2D eigenvalue weighted by Gasteiger charge is 2.24. The monoisotopic (exact) mass is 265 g/mol. The molecule has 1 atom stereocenters. The van der Waals surface area contributed by atoms with Gasteiger partial charge >= 0.3 is 0 Å². The Balaban J connectivity index is 3.10. The molecule has 0 aliphatic heterocycles. The molecule has 0 spiro atoms. The standard InChI is InChI=1S/C14H23N3O2/c1-3-11(14(16)18)17(10-6-9-15)12-7-4-5-8-13(12)19-2/h4-5,7-8,11H,3,6,9-10,15H2,1-2H3,(H2,16,18). The van der Waals surface area contributed by atoms with E-state index in [9.17, 15) is 4.79 Å². The number of nitrogens with two attached hydrogens (primary N) is 2. The number of rotatable bonds is 8. The molecule has 4 N–H and O–H groups in total. The third kappa shape index (κ3) is 3.86. The van der Waals surface area contributed by atoms with Gasteiger partial charge in [-0.3, -0.25) is 4.79 Å². The van der Waals surface area contributed by atoms with E-state index in [1.54, 1.807) is 7.11 Å². The van der Waals surface area contributed by atoms with E-state index in [4.69, 9.17) is 16.2 Å². The maximum absolute atomic E-state index is 11.6. The fourth-order valence-corrected chi connectivity index (χ4v) is 2.15. The molecule has 1 aromatic rings. The van der Waals surface area contributed by atoms with E-state index in [2.05, 4.69) is 0 Å². The lowest BCUT2D eigenvalue weighted by Crippen LogP contribution is -2.45. The zero-order valence-electron chi connectivity index (χ0n) is 11.6. The lowest BCUT2D eigenvalue weighted by atomic mass is 10.1. The molecular weight excluding hydrogens is 242 g/mol. The molecule has 0 aromatic heterocycles. The predicted molar refractivity (Wildman–Crippen MR) is 77.3 cm³/mol. The highest BCUT2D eigenvalue weighted by atomic mass is 16.5. The van der Waals surface area contributed by atoms with Crippen LogP contribution >= 0.6 is 0 Å². The summed E-state index contributed by atoms with van der Waals surface area (Å²) in [5.74, 6) is 0.407. The van der Waals surface area contributed by atoms with Gasteiger partial charge in [0.1, 0.15) is 11.8 Å². The van der Waals surface area contributed by atoms with Gasteiger partial charge in [-0.25, -0.2) is 0 Å². The molecule has 1 amide bonds. The second kappa shape index (κ2) is 7.63. The Morgan fingerprint density at radius 1 is 1.42 bits per heavy atom. The summed E-state index contributed by atoms with van der Waals surface area (Å²) in [5, 5.41) is 0. The molecule has 1 aromatic carbocycles. The number of amides is 1. The summed E-state index contributed by atoms with van der Waals surface area (Å²) in [6.07, 6.45) is 1.44. The van der Waals surface area contributed by atoms with Crippen LogP contribution in [0.25, 0.3) is 0 Å². The second-order valence-electron chi connectivity index (χ2n) is 4.33. The summed E-state index contributed by atoms with van der Waals surface area (Å²) < 4.78 is 5.36. The van der Waals surface area contributed by atoms with Gasteiger partial charge in [-0.1, -0.05) is 19.1 Å². The van der Waals surface area contributed by atoms with Crippen molar-refractivity contribution in [3.05, 3.63) is 24.3 Å². The van der Waals surface area contributed by atoms with Gasteiger partial charge in [0.25, 0.3) is 0 Å². The number of primary amides is 1. The van der Waals surface area contributed by atoms with E-state index in [0.717, 1.165) is 17.9 Å². The van der Waals surface area contributed by atoms with Crippen LogP contribution in [-0.2, 0) is 4.79 Å². The van der Waals surface area contributed by atoms with Crippen molar-refractivity contribution < 1.29 is 9.53 Å². The normalized spacial score (nSPS) is 11.9. The van der Waals surface area contributed by atoms with Crippen molar-refractivity contribution in [3.8, 4) is 5.75 Å². The van der Waals surface area contributed by atoms with E-state index in [1.165, 1.54) is 0 Å². The Bertz CT molecular complexity index is 409. The molecule has 1 rings (SSSR count). The van der Waals surface area contributed by atoms with Crippen LogP contribution < -0.4 is 21.1 Å². The van der Waals surface area contributed by atoms with Crippen molar-refractivity contribution >= 4 is 11.6 Å². The van der Waals surface area contributed by atoms with Crippen LogP contribution in [0.15, 0.2) is 24.3 Å². The maximum atomic E-state index is 11.6. The summed E-state index contributed by atoms with van der Waals surface area (Å²) in [7, 11) is 1.62. The molecule has 0 saturated heterocycles. The van der Waals surface area contributed by atoms with Crippen LogP contribution in [0.4, 0.5) is 5.69 Å². The minimum Gasteiger partial charge on any atom is -0.495 e. The first-order valence-electron chi connectivity index (χ1n) is 6.54. The Hall–Kier alpha value is -1.75. The Morgan fingerprint density at radius 3 is 2.63 bits per heavy atom. The average Bonchev–Trinajstić information content (AvgIpc) is 2.43. The number of ether oxygens (including phenoxy) is 1. The lowest BCUT2D eigenvalue weighted by molar-refractivity contribution is -0.119. The molecule has 19 heavy (non-hydrogen) atoms. The van der Waals surface area contributed by atoms with Crippen LogP contribution in [0.1, 0.15) is 19.8 Å². The summed E-state index contributed by atoms with van der Waals surface area (Å²) >= 11 is 0. The van der Waals surface area contributed by atoms with Crippen molar-refractivity contribution in [2.75, 3.05) is 25.1 Å². The molecule has 5 nitrogen and oxygen atoms in total. The van der Waals surface area contributed by atoms with Gasteiger partial charge in [0.2, 0.25) is 5.91 Å². The zero-order valence-corrected chi connectivity index (χ0v) is 11.6. The fourth-order valence-electron chi connectivity index (χ4n) is 2.15. The van der Waals surface area contributed by atoms with Gasteiger partial charge in [0.15, 0.2) is 0 Å². The van der Waals surface area contributed by atoms with Crippen molar-refractivity contribution in [2.24, 2.45) is 11.5 Å². The number of anilines is 1. The van der Waals surface area contributed by atoms with Crippen LogP contribution in [0.2, 0.25) is 0 Å². The molecule has 0 aliphatic carbocycles. The average molecular weight is 265 g/mol. The Kier molecular flexibility index (Phi) is 6.15. The van der Waals surface area contributed by atoms with Gasteiger partial charge in [-0.05, 0) is 31.5 Å². The van der Waals surface area contributed by atoms with Crippen molar-refractivity contribution in [2.45, 2.75) is 25.8 Å². The second-order valence-corrected chi connectivity index (χ2v) is 4.33. The number of para-hydroxylation sites is 2. The van der Waals surface area contributed by atoms with Crippen molar-refractivity contribution in [3.63, 3.8) is 0 Å². The molecular formula is C14H23N3O2. The molecule has 106 valence electrons. The number of hydrogen-bond donors (Lipinski definition) is 2. The summed E-state index contributed by atoms with van der Waals surface area (Å²) in [5.41, 5.74) is 11.9. The van der Waals surface area contributed by atoms with Crippen molar-refractivity contribution in [1.29, 1.82) is 0 Å². The van der Waals surface area contributed by atoms with Crippen LogP contribution in [0.5, 0.6) is 5.75 Å². The molecule has 0 bridgehead atoms. The summed E-state index contributed by atoms with van der Waals surface area (Å²) in [6.45, 7) is 3.19. The maximum Gasteiger partial charge on any atom is 0.240 e. The number of carbonyl (C=O) groups excluding carboxylic acids is 1. The number of hydrogen-bond acceptors (Lipinski definition) is 4. The third-order valence-electron chi connectivity index (χ3n) is 3.09. The van der Waals surface area contributed by atoms with Gasteiger partial charge in [0, 0.05) is 6.54 Å². The van der Waals surface area contributed by atoms with Gasteiger partial charge in [0.05, 0.1) is 12.8 Å². The molecule has 5 heteroatoms. The molecule has 0 saturated carbocycles. The first-order chi connectivity index (χ1) is 9.15. The first-order valence-corrected chi connectivity index (χ1v) is 6.54. The zero-order chi connectivity index (χ0) is 14.3. The van der Waals surface area contributed by atoms with Crippen LogP contribution in [0, 0.1) is 0 Å². The number of benzene rings is 1. The minimum absolute atomic E-state index is 0.328. The van der Waals surface area contributed by atoms with E-state index >= 15 is 0 Å². The Morgan fingerprint density at radius 2 is 2.11 bits per heavy atom. The number of nitrogens with zero attached hydrogens (tertiary/aromatic N) is 1. The summed E-state index contributed by atoms with van der Waals surface area (Å²) in [6, 6.07) is 7.28. The summed E-state index contributed by atoms with van der Waals surface area (Å²) in [4.78, 5) is 13.6. The van der Waals surface area contributed by atoms with Crippen LogP contribution in [-0.4, -0.2) is 32.1 Å².